The first kappa shape index (κ1) is 8.49. The molecule has 0 aromatic carbocycles. The lowest BCUT2D eigenvalue weighted by Crippen LogP contribution is -2.38. The lowest BCUT2D eigenvalue weighted by Gasteiger charge is -2.23. The Kier molecular flexibility index (Phi) is 2.37. The van der Waals surface area contributed by atoms with Crippen LogP contribution in [-0.4, -0.2) is 29.9 Å². The van der Waals surface area contributed by atoms with Crippen LogP contribution in [0.2, 0.25) is 0 Å². The summed E-state index contributed by atoms with van der Waals surface area (Å²) in [7, 11) is 1.02. The van der Waals surface area contributed by atoms with Gasteiger partial charge in [0.1, 0.15) is 10.0 Å². The second-order valence-corrected chi connectivity index (χ2v) is 6.50. The molecular formula is C4H7ClO3S2. The minimum absolute atomic E-state index is 0.0309. The van der Waals surface area contributed by atoms with E-state index in [0.29, 0.717) is 5.75 Å². The molecule has 1 aliphatic rings. The molecule has 1 unspecified atom stereocenters. The molecule has 1 atom stereocenters. The highest BCUT2D eigenvalue weighted by atomic mass is 35.7. The number of hydrogen-bond donors (Lipinski definition) is 0. The topological polar surface area (TPSA) is 51.2 Å². The third-order valence-electron chi connectivity index (χ3n) is 1.35. The van der Waals surface area contributed by atoms with Crippen molar-refractivity contribution in [3.63, 3.8) is 0 Å². The molecule has 3 nitrogen and oxygen atoms in total. The Morgan fingerprint density at radius 1 is 1.50 bits per heavy atom. The summed E-state index contributed by atoms with van der Waals surface area (Å²) in [5.41, 5.74) is 0. The van der Waals surface area contributed by atoms with E-state index < -0.39 is 19.9 Å². The average Bonchev–Trinajstić information content (AvgIpc) is 1.57. The van der Waals surface area contributed by atoms with Crippen molar-refractivity contribution in [3.05, 3.63) is 0 Å². The van der Waals surface area contributed by atoms with Crippen LogP contribution in [0.3, 0.4) is 0 Å². The van der Waals surface area contributed by atoms with Gasteiger partial charge in [-0.05, 0) is 16.6 Å². The fourth-order valence-electron chi connectivity index (χ4n) is 0.951. The van der Waals surface area contributed by atoms with Crippen LogP contribution >= 0.6 is 10.7 Å². The van der Waals surface area contributed by atoms with Crippen LogP contribution in [0.5, 0.6) is 0 Å². The van der Waals surface area contributed by atoms with Crippen molar-refractivity contribution in [2.45, 2.75) is 0 Å². The van der Waals surface area contributed by atoms with Crippen LogP contribution in [0, 0.1) is 5.92 Å². The molecular weight excluding hydrogens is 196 g/mol. The maximum Gasteiger partial charge on any atom is 0.150 e. The molecule has 0 bridgehead atoms. The quantitative estimate of drug-likeness (QED) is 0.590. The summed E-state index contributed by atoms with van der Waals surface area (Å²) in [6, 6.07) is 0. The molecule has 0 aromatic heterocycles. The fourth-order valence-corrected chi connectivity index (χ4v) is 3.96. The molecule has 0 saturated carbocycles. The highest BCUT2D eigenvalue weighted by Crippen LogP contribution is 2.19. The van der Waals surface area contributed by atoms with Crippen LogP contribution in [0.1, 0.15) is 0 Å². The van der Waals surface area contributed by atoms with Crippen LogP contribution in [0.15, 0.2) is 0 Å². The van der Waals surface area contributed by atoms with Gasteiger partial charge in [-0.1, -0.05) is 0 Å². The van der Waals surface area contributed by atoms with E-state index in [1.54, 1.807) is 0 Å². The summed E-state index contributed by atoms with van der Waals surface area (Å²) in [5.74, 6) is 0.654. The van der Waals surface area contributed by atoms with E-state index in [4.69, 9.17) is 10.7 Å². The van der Waals surface area contributed by atoms with E-state index >= 15 is 0 Å². The normalized spacial score (nSPS) is 27.3. The molecule has 1 rings (SSSR count). The Hall–Kier alpha value is 0.390. The Bertz CT molecular complexity index is 233. The zero-order chi connectivity index (χ0) is 7.78. The van der Waals surface area contributed by atoms with Gasteiger partial charge in [0, 0.05) is 5.75 Å². The molecule has 10 heavy (non-hydrogen) atoms. The number of sulfone groups is 1. The van der Waals surface area contributed by atoms with Gasteiger partial charge in [0.05, 0.1) is 11.5 Å². The van der Waals surface area contributed by atoms with Crippen molar-refractivity contribution < 1.29 is 12.6 Å². The van der Waals surface area contributed by atoms with Gasteiger partial charge in [-0.3, -0.25) is 0 Å². The van der Waals surface area contributed by atoms with Gasteiger partial charge in [0.15, 0.2) is 9.84 Å². The van der Waals surface area contributed by atoms with Crippen molar-refractivity contribution in [1.82, 2.24) is 0 Å². The lowest BCUT2D eigenvalue weighted by atomic mass is 10.2. The van der Waals surface area contributed by atoms with Crippen molar-refractivity contribution in [3.8, 4) is 0 Å². The zero-order valence-corrected chi connectivity index (χ0v) is 7.51. The molecule has 0 spiro atoms. The maximum atomic E-state index is 10.5. The van der Waals surface area contributed by atoms with Crippen molar-refractivity contribution in [1.29, 1.82) is 0 Å². The molecule has 1 heterocycles. The van der Waals surface area contributed by atoms with Crippen molar-refractivity contribution in [2.75, 3.05) is 17.3 Å². The zero-order valence-electron chi connectivity index (χ0n) is 5.12. The van der Waals surface area contributed by atoms with Gasteiger partial charge in [-0.2, -0.15) is 0 Å². The monoisotopic (exact) mass is 202 g/mol. The fraction of sp³-hybridized carbons (Fsp3) is 1.00. The van der Waals surface area contributed by atoms with Crippen LogP contribution < -0.4 is 0 Å². The Morgan fingerprint density at radius 2 is 2.00 bits per heavy atom. The summed E-state index contributed by atoms with van der Waals surface area (Å²) >= 11 is 0. The summed E-state index contributed by atoms with van der Waals surface area (Å²) in [6.07, 6.45) is 0. The first-order valence-electron chi connectivity index (χ1n) is 2.75. The van der Waals surface area contributed by atoms with Gasteiger partial charge in [0.2, 0.25) is 0 Å². The predicted molar refractivity (Wildman–Crippen MR) is 41.0 cm³/mol. The molecule has 0 amide bonds. The SMILES string of the molecule is O=S(Cl)CC1CS(=O)(=O)C1. The summed E-state index contributed by atoms with van der Waals surface area (Å²) < 4.78 is 31.4. The second kappa shape index (κ2) is 2.79. The number of hydrogen-bond acceptors (Lipinski definition) is 3. The smallest absolute Gasteiger partial charge is 0.150 e. The standard InChI is InChI=1S/C4H7ClO3S2/c5-9(6)1-4-2-10(7,8)3-4/h4H,1-3H2. The Balaban J connectivity index is 2.34. The van der Waals surface area contributed by atoms with Crippen LogP contribution in [0.25, 0.3) is 0 Å². The van der Waals surface area contributed by atoms with E-state index in [9.17, 15) is 12.6 Å². The number of halogens is 1. The van der Waals surface area contributed by atoms with Crippen molar-refractivity contribution in [2.24, 2.45) is 5.92 Å². The maximum absolute atomic E-state index is 10.5. The van der Waals surface area contributed by atoms with Gasteiger partial charge >= 0.3 is 0 Å². The summed E-state index contributed by atoms with van der Waals surface area (Å²) in [6.45, 7) is 0. The summed E-state index contributed by atoms with van der Waals surface area (Å²) in [4.78, 5) is 0. The first-order valence-corrected chi connectivity index (χ1v) is 6.71. The van der Waals surface area contributed by atoms with E-state index in [1.165, 1.54) is 0 Å². The highest BCUT2D eigenvalue weighted by molar-refractivity contribution is 8.08. The van der Waals surface area contributed by atoms with Gasteiger partial charge in [-0.25, -0.2) is 12.6 Å². The molecule has 1 fully saturated rings. The van der Waals surface area contributed by atoms with Crippen LogP contribution in [0.4, 0.5) is 0 Å². The van der Waals surface area contributed by atoms with E-state index in [0.717, 1.165) is 0 Å². The summed E-state index contributed by atoms with van der Waals surface area (Å²) in [5, 5.41) is 0. The largest absolute Gasteiger partial charge is 0.243 e. The van der Waals surface area contributed by atoms with E-state index in [2.05, 4.69) is 0 Å². The van der Waals surface area contributed by atoms with E-state index in [1.807, 2.05) is 0 Å². The van der Waals surface area contributed by atoms with Crippen molar-refractivity contribution >= 4 is 30.5 Å². The Labute approximate surface area is 66.6 Å². The van der Waals surface area contributed by atoms with Gasteiger partial charge in [0.25, 0.3) is 0 Å². The number of rotatable bonds is 2. The lowest BCUT2D eigenvalue weighted by molar-refractivity contribution is 0.543. The highest BCUT2D eigenvalue weighted by Gasteiger charge is 2.33. The molecule has 0 radical (unpaired) electrons. The predicted octanol–water partition coefficient (Wildman–Crippen LogP) is -0.0665. The molecule has 0 aliphatic carbocycles. The minimum atomic E-state index is -2.77. The van der Waals surface area contributed by atoms with E-state index in [-0.39, 0.29) is 17.4 Å². The third-order valence-corrected chi connectivity index (χ3v) is 4.42. The minimum Gasteiger partial charge on any atom is -0.243 e. The molecule has 60 valence electrons. The van der Waals surface area contributed by atoms with Gasteiger partial charge in [-0.15, -0.1) is 0 Å². The average molecular weight is 203 g/mol. The van der Waals surface area contributed by atoms with Gasteiger partial charge < -0.3 is 0 Å². The Morgan fingerprint density at radius 3 is 2.30 bits per heavy atom. The molecule has 6 heteroatoms. The molecule has 0 N–H and O–H groups in total. The molecule has 0 aromatic rings. The third kappa shape index (κ3) is 2.21. The molecule has 1 saturated heterocycles. The molecule has 1 aliphatic heterocycles. The first-order chi connectivity index (χ1) is 4.49. The van der Waals surface area contributed by atoms with Crippen LogP contribution in [-0.2, 0) is 19.9 Å². The second-order valence-electron chi connectivity index (χ2n) is 2.40.